The van der Waals surface area contributed by atoms with Crippen molar-refractivity contribution in [3.8, 4) is 0 Å². The number of benzene rings is 2. The number of hydrogen-bond acceptors (Lipinski definition) is 4. The highest BCUT2D eigenvalue weighted by molar-refractivity contribution is 6.31. The molecule has 28 heavy (non-hydrogen) atoms. The van der Waals surface area contributed by atoms with Crippen molar-refractivity contribution in [2.45, 2.75) is 26.2 Å². The summed E-state index contributed by atoms with van der Waals surface area (Å²) in [6.07, 6.45) is 0.488. The van der Waals surface area contributed by atoms with Crippen LogP contribution in [0.1, 0.15) is 24.8 Å². The molecule has 2 aromatic carbocycles. The van der Waals surface area contributed by atoms with Gasteiger partial charge in [0, 0.05) is 34.3 Å². The van der Waals surface area contributed by atoms with Gasteiger partial charge >= 0.3 is 5.97 Å². The van der Waals surface area contributed by atoms with Gasteiger partial charge in [0.25, 0.3) is 5.91 Å². The second kappa shape index (κ2) is 10.7. The van der Waals surface area contributed by atoms with Crippen molar-refractivity contribution >= 4 is 52.4 Å². The molecule has 0 bridgehead atoms. The average Bonchev–Trinajstić information content (AvgIpc) is 2.64. The lowest BCUT2D eigenvalue weighted by molar-refractivity contribution is -0.147. The number of carbonyl (C=O) groups is 3. The van der Waals surface area contributed by atoms with E-state index >= 15 is 0 Å². The minimum absolute atomic E-state index is 0.0342. The second-order valence-electron chi connectivity index (χ2n) is 6.03. The van der Waals surface area contributed by atoms with Crippen LogP contribution in [0.3, 0.4) is 0 Å². The lowest BCUT2D eigenvalue weighted by Gasteiger charge is -2.10. The lowest BCUT2D eigenvalue weighted by atomic mass is 10.2. The molecule has 0 aliphatic rings. The van der Waals surface area contributed by atoms with Gasteiger partial charge in [-0.2, -0.15) is 0 Å². The molecule has 0 atom stereocenters. The van der Waals surface area contributed by atoms with Gasteiger partial charge in [0.05, 0.1) is 0 Å². The highest BCUT2D eigenvalue weighted by Gasteiger charge is 2.11. The molecule has 0 aromatic heterocycles. The van der Waals surface area contributed by atoms with Crippen LogP contribution in [-0.4, -0.2) is 24.4 Å². The van der Waals surface area contributed by atoms with E-state index < -0.39 is 18.5 Å². The molecule has 0 aliphatic heterocycles. The molecule has 2 N–H and O–H groups in total. The van der Waals surface area contributed by atoms with E-state index in [4.69, 9.17) is 27.9 Å². The average molecular weight is 423 g/mol. The number of carbonyl (C=O) groups excluding carboxylic acids is 3. The van der Waals surface area contributed by atoms with Crippen LogP contribution in [0.2, 0.25) is 10.0 Å². The van der Waals surface area contributed by atoms with Crippen molar-refractivity contribution in [3.05, 3.63) is 58.1 Å². The molecule has 0 heterocycles. The topological polar surface area (TPSA) is 84.5 Å². The smallest absolute Gasteiger partial charge is 0.306 e. The minimum Gasteiger partial charge on any atom is -0.456 e. The molecule has 0 saturated carbocycles. The van der Waals surface area contributed by atoms with Gasteiger partial charge in [-0.15, -0.1) is 0 Å². The number of esters is 1. The zero-order chi connectivity index (χ0) is 20.5. The molecular formula is C20H20Cl2N2O4. The highest BCUT2D eigenvalue weighted by atomic mass is 35.5. The molecule has 8 heteroatoms. The van der Waals surface area contributed by atoms with Crippen molar-refractivity contribution in [1.29, 1.82) is 0 Å². The summed E-state index contributed by atoms with van der Waals surface area (Å²) in [4.78, 5) is 35.5. The Morgan fingerprint density at radius 2 is 1.71 bits per heavy atom. The van der Waals surface area contributed by atoms with Gasteiger partial charge in [0.2, 0.25) is 5.91 Å². The number of anilines is 2. The molecule has 2 rings (SSSR count). The van der Waals surface area contributed by atoms with Crippen molar-refractivity contribution in [2.24, 2.45) is 0 Å². The molecule has 0 aliphatic carbocycles. The summed E-state index contributed by atoms with van der Waals surface area (Å²) < 4.78 is 4.93. The molecule has 148 valence electrons. The summed E-state index contributed by atoms with van der Waals surface area (Å²) in [7, 11) is 0. The molecule has 0 radical (unpaired) electrons. The number of nitrogens with one attached hydrogen (secondary N) is 2. The predicted octanol–water partition coefficient (Wildman–Crippen LogP) is 4.59. The Kier molecular flexibility index (Phi) is 8.29. The Balaban J connectivity index is 1.66. The molecule has 0 spiro atoms. The quantitative estimate of drug-likeness (QED) is 0.609. The minimum atomic E-state index is -0.548. The van der Waals surface area contributed by atoms with Crippen molar-refractivity contribution in [2.75, 3.05) is 17.2 Å². The Morgan fingerprint density at radius 1 is 0.964 bits per heavy atom. The summed E-state index contributed by atoms with van der Waals surface area (Å²) in [6.45, 7) is 1.37. The molecular weight excluding hydrogens is 403 g/mol. The van der Waals surface area contributed by atoms with Crippen LogP contribution >= 0.6 is 23.2 Å². The van der Waals surface area contributed by atoms with Crippen LogP contribution in [0.5, 0.6) is 0 Å². The van der Waals surface area contributed by atoms with E-state index in [9.17, 15) is 14.4 Å². The summed E-state index contributed by atoms with van der Waals surface area (Å²) >= 11 is 11.8. The molecule has 2 aromatic rings. The Hall–Kier alpha value is -2.57. The Labute approximate surface area is 173 Å². The van der Waals surface area contributed by atoms with E-state index in [0.29, 0.717) is 27.8 Å². The summed E-state index contributed by atoms with van der Waals surface area (Å²) in [5, 5.41) is 6.38. The predicted molar refractivity (Wildman–Crippen MR) is 110 cm³/mol. The van der Waals surface area contributed by atoms with E-state index in [-0.39, 0.29) is 18.7 Å². The fraction of sp³-hybridized carbons (Fsp3) is 0.250. The van der Waals surface area contributed by atoms with Crippen molar-refractivity contribution in [3.63, 3.8) is 0 Å². The lowest BCUT2D eigenvalue weighted by Crippen LogP contribution is -2.21. The maximum absolute atomic E-state index is 11.9. The van der Waals surface area contributed by atoms with E-state index in [1.807, 2.05) is 0 Å². The zero-order valence-corrected chi connectivity index (χ0v) is 16.8. The number of amides is 2. The fourth-order valence-electron chi connectivity index (χ4n) is 2.33. The monoisotopic (exact) mass is 422 g/mol. The first kappa shape index (κ1) is 21.7. The van der Waals surface area contributed by atoms with Crippen LogP contribution in [-0.2, 0) is 19.1 Å². The number of hydrogen-bond donors (Lipinski definition) is 2. The van der Waals surface area contributed by atoms with Gasteiger partial charge in [-0.1, -0.05) is 35.3 Å². The van der Waals surface area contributed by atoms with Crippen LogP contribution < -0.4 is 10.6 Å². The van der Waals surface area contributed by atoms with Gasteiger partial charge in [-0.25, -0.2) is 0 Å². The molecule has 2 amide bonds. The molecule has 0 unspecified atom stereocenters. The van der Waals surface area contributed by atoms with Crippen LogP contribution in [0.4, 0.5) is 11.4 Å². The second-order valence-corrected chi connectivity index (χ2v) is 6.88. The maximum Gasteiger partial charge on any atom is 0.306 e. The summed E-state index contributed by atoms with van der Waals surface area (Å²) in [6, 6.07) is 11.9. The molecule has 6 nitrogen and oxygen atoms in total. The number of halogens is 2. The maximum atomic E-state index is 11.9. The van der Waals surface area contributed by atoms with Crippen LogP contribution in [0.15, 0.2) is 42.5 Å². The van der Waals surface area contributed by atoms with Gasteiger partial charge in [-0.3, -0.25) is 14.4 Å². The van der Waals surface area contributed by atoms with Gasteiger partial charge in [-0.05, 0) is 49.2 Å². The fourth-order valence-corrected chi connectivity index (χ4v) is 2.70. The number of ether oxygens (including phenoxy) is 1. The normalized spacial score (nSPS) is 10.2. The standard InChI is InChI=1S/C20H20Cl2N2O4/c1-13-16(22)7-3-8-17(13)24-19(26)12-28-20(27)10-4-9-18(25)23-15-6-2-5-14(21)11-15/h2-3,5-8,11H,4,9-10,12H2,1H3,(H,23,25)(H,24,26). The van der Waals surface area contributed by atoms with E-state index in [1.54, 1.807) is 49.4 Å². The van der Waals surface area contributed by atoms with Crippen molar-refractivity contribution < 1.29 is 19.1 Å². The highest BCUT2D eigenvalue weighted by Crippen LogP contribution is 2.22. The zero-order valence-electron chi connectivity index (χ0n) is 15.3. The first-order chi connectivity index (χ1) is 13.3. The summed E-state index contributed by atoms with van der Waals surface area (Å²) in [5.41, 5.74) is 1.88. The van der Waals surface area contributed by atoms with Gasteiger partial charge in [0.1, 0.15) is 0 Å². The van der Waals surface area contributed by atoms with Crippen LogP contribution in [0, 0.1) is 6.92 Å². The molecule has 0 saturated heterocycles. The summed E-state index contributed by atoms with van der Waals surface area (Å²) in [5.74, 6) is -1.24. The van der Waals surface area contributed by atoms with Gasteiger partial charge < -0.3 is 15.4 Å². The van der Waals surface area contributed by atoms with Crippen LogP contribution in [0.25, 0.3) is 0 Å². The Morgan fingerprint density at radius 3 is 2.46 bits per heavy atom. The third-order valence-corrected chi connectivity index (χ3v) is 4.44. The van der Waals surface area contributed by atoms with E-state index in [1.165, 1.54) is 0 Å². The van der Waals surface area contributed by atoms with Crippen molar-refractivity contribution in [1.82, 2.24) is 0 Å². The van der Waals surface area contributed by atoms with E-state index in [0.717, 1.165) is 5.56 Å². The molecule has 0 fully saturated rings. The largest absolute Gasteiger partial charge is 0.456 e. The SMILES string of the molecule is Cc1c(Cl)cccc1NC(=O)COC(=O)CCCC(=O)Nc1cccc(Cl)c1. The third-order valence-electron chi connectivity index (χ3n) is 3.80. The number of rotatable bonds is 8. The first-order valence-corrected chi connectivity index (χ1v) is 9.37. The third kappa shape index (κ3) is 7.21. The van der Waals surface area contributed by atoms with Gasteiger partial charge in [0.15, 0.2) is 6.61 Å². The van der Waals surface area contributed by atoms with E-state index in [2.05, 4.69) is 10.6 Å². The first-order valence-electron chi connectivity index (χ1n) is 8.61. The Bertz CT molecular complexity index is 871.